The Morgan fingerprint density at radius 2 is 1.89 bits per heavy atom. The minimum Gasteiger partial charge on any atom is -0.462 e. The summed E-state index contributed by atoms with van der Waals surface area (Å²) >= 11 is 0. The maximum atomic E-state index is 9.13. The second-order valence-electron chi connectivity index (χ2n) is 4.32. The second-order valence-corrected chi connectivity index (χ2v) is 4.32. The van der Waals surface area contributed by atoms with Gasteiger partial charge in [-0.25, -0.2) is 0 Å². The number of hydrogen-bond donors (Lipinski definition) is 0. The molecule has 0 aliphatic carbocycles. The van der Waals surface area contributed by atoms with Gasteiger partial charge >= 0.3 is 0 Å². The summed E-state index contributed by atoms with van der Waals surface area (Å²) in [6.45, 7) is 1.99. The second kappa shape index (κ2) is 4.05. The molecule has 18 heavy (non-hydrogen) atoms. The molecular formula is C16H11NO. The van der Waals surface area contributed by atoms with E-state index in [1.807, 2.05) is 43.3 Å². The molecule has 0 spiro atoms. The molecule has 2 aromatic carbocycles. The standard InChI is InChI=1S/C16H11NO/c1-11-7-13(9-17)16-14(8-11)15(10-18-16)12-5-3-2-4-6-12/h2-8,10H,1H3. The van der Waals surface area contributed by atoms with Crippen molar-refractivity contribution in [2.75, 3.05) is 0 Å². The summed E-state index contributed by atoms with van der Waals surface area (Å²) < 4.78 is 5.56. The Morgan fingerprint density at radius 1 is 1.11 bits per heavy atom. The predicted molar refractivity (Wildman–Crippen MR) is 71.1 cm³/mol. The van der Waals surface area contributed by atoms with E-state index in [0.717, 1.165) is 22.1 Å². The topological polar surface area (TPSA) is 36.9 Å². The van der Waals surface area contributed by atoms with Crippen LogP contribution in [0.5, 0.6) is 0 Å². The first-order valence-electron chi connectivity index (χ1n) is 5.77. The molecule has 0 N–H and O–H groups in total. The lowest BCUT2D eigenvalue weighted by molar-refractivity contribution is 0.616. The molecule has 86 valence electrons. The Hall–Kier alpha value is -2.53. The molecule has 0 radical (unpaired) electrons. The maximum absolute atomic E-state index is 9.13. The number of fused-ring (bicyclic) bond motifs is 1. The summed E-state index contributed by atoms with van der Waals surface area (Å²) in [7, 11) is 0. The fourth-order valence-corrected chi connectivity index (χ4v) is 2.21. The van der Waals surface area contributed by atoms with Crippen LogP contribution < -0.4 is 0 Å². The number of furan rings is 1. The molecule has 3 aromatic rings. The molecule has 0 aliphatic heterocycles. The van der Waals surface area contributed by atoms with E-state index < -0.39 is 0 Å². The number of hydrogen-bond acceptors (Lipinski definition) is 2. The minimum absolute atomic E-state index is 0.590. The van der Waals surface area contributed by atoms with E-state index in [-0.39, 0.29) is 0 Å². The molecule has 1 aromatic heterocycles. The van der Waals surface area contributed by atoms with Crippen LogP contribution in [-0.2, 0) is 0 Å². The molecule has 0 fully saturated rings. The Balaban J connectivity index is 2.34. The van der Waals surface area contributed by atoms with Crippen LogP contribution in [0.4, 0.5) is 0 Å². The fraction of sp³-hybridized carbons (Fsp3) is 0.0625. The predicted octanol–water partition coefficient (Wildman–Crippen LogP) is 4.28. The maximum Gasteiger partial charge on any atom is 0.152 e. The monoisotopic (exact) mass is 233 g/mol. The van der Waals surface area contributed by atoms with Gasteiger partial charge in [0.05, 0.1) is 11.8 Å². The fourth-order valence-electron chi connectivity index (χ4n) is 2.21. The van der Waals surface area contributed by atoms with Gasteiger partial charge in [-0.1, -0.05) is 30.3 Å². The van der Waals surface area contributed by atoms with E-state index in [9.17, 15) is 0 Å². The molecule has 0 amide bonds. The van der Waals surface area contributed by atoms with Gasteiger partial charge in [0.25, 0.3) is 0 Å². The number of benzene rings is 2. The van der Waals surface area contributed by atoms with Crippen LogP contribution in [-0.4, -0.2) is 0 Å². The quantitative estimate of drug-likeness (QED) is 0.629. The minimum atomic E-state index is 0.590. The number of nitrogens with zero attached hydrogens (tertiary/aromatic N) is 1. The lowest BCUT2D eigenvalue weighted by Crippen LogP contribution is -1.80. The molecule has 0 aliphatic rings. The average molecular weight is 233 g/mol. The Kier molecular flexibility index (Phi) is 2.39. The first-order valence-corrected chi connectivity index (χ1v) is 5.77. The summed E-state index contributed by atoms with van der Waals surface area (Å²) in [6, 6.07) is 16.1. The zero-order chi connectivity index (χ0) is 12.5. The third-order valence-electron chi connectivity index (χ3n) is 3.02. The normalized spacial score (nSPS) is 10.4. The lowest BCUT2D eigenvalue weighted by atomic mass is 10.0. The molecule has 2 heteroatoms. The van der Waals surface area contributed by atoms with Gasteiger partial charge in [-0.2, -0.15) is 5.26 Å². The van der Waals surface area contributed by atoms with Crippen molar-refractivity contribution in [2.24, 2.45) is 0 Å². The van der Waals surface area contributed by atoms with Gasteiger partial charge in [0.1, 0.15) is 6.07 Å². The lowest BCUT2D eigenvalue weighted by Gasteiger charge is -1.99. The molecule has 2 nitrogen and oxygen atoms in total. The zero-order valence-electron chi connectivity index (χ0n) is 9.97. The van der Waals surface area contributed by atoms with Crippen molar-refractivity contribution in [1.29, 1.82) is 5.26 Å². The highest BCUT2D eigenvalue weighted by Crippen LogP contribution is 2.32. The van der Waals surface area contributed by atoms with Gasteiger partial charge < -0.3 is 4.42 Å². The number of rotatable bonds is 1. The van der Waals surface area contributed by atoms with Crippen LogP contribution in [0.1, 0.15) is 11.1 Å². The molecular weight excluding hydrogens is 222 g/mol. The Labute approximate surface area is 105 Å². The molecule has 1 heterocycles. The van der Waals surface area contributed by atoms with E-state index in [4.69, 9.17) is 9.68 Å². The van der Waals surface area contributed by atoms with Crippen molar-refractivity contribution < 1.29 is 4.42 Å². The molecule has 0 bridgehead atoms. The number of aryl methyl sites for hydroxylation is 1. The summed E-state index contributed by atoms with van der Waals surface area (Å²) in [4.78, 5) is 0. The van der Waals surface area contributed by atoms with Crippen molar-refractivity contribution in [3.63, 3.8) is 0 Å². The number of nitriles is 1. The van der Waals surface area contributed by atoms with Crippen molar-refractivity contribution in [3.05, 3.63) is 59.9 Å². The smallest absolute Gasteiger partial charge is 0.152 e. The van der Waals surface area contributed by atoms with E-state index in [0.29, 0.717) is 11.1 Å². The average Bonchev–Trinajstić information content (AvgIpc) is 2.82. The van der Waals surface area contributed by atoms with Crippen molar-refractivity contribution in [1.82, 2.24) is 0 Å². The van der Waals surface area contributed by atoms with Crippen LogP contribution in [0, 0.1) is 18.3 Å². The Bertz CT molecular complexity index is 748. The Morgan fingerprint density at radius 3 is 2.61 bits per heavy atom. The van der Waals surface area contributed by atoms with Gasteiger partial charge in [-0.05, 0) is 30.2 Å². The van der Waals surface area contributed by atoms with Gasteiger partial charge in [0, 0.05) is 10.9 Å². The zero-order valence-corrected chi connectivity index (χ0v) is 9.97. The van der Waals surface area contributed by atoms with Gasteiger partial charge in [0.2, 0.25) is 0 Å². The van der Waals surface area contributed by atoms with Gasteiger partial charge in [-0.15, -0.1) is 0 Å². The van der Waals surface area contributed by atoms with E-state index in [1.165, 1.54) is 0 Å². The highest BCUT2D eigenvalue weighted by Gasteiger charge is 2.11. The van der Waals surface area contributed by atoms with Crippen LogP contribution in [0.25, 0.3) is 22.1 Å². The van der Waals surface area contributed by atoms with Gasteiger partial charge in [-0.3, -0.25) is 0 Å². The SMILES string of the molecule is Cc1cc(C#N)c2occ(-c3ccccc3)c2c1. The largest absolute Gasteiger partial charge is 0.462 e. The van der Waals surface area contributed by atoms with Crippen LogP contribution in [0.3, 0.4) is 0 Å². The van der Waals surface area contributed by atoms with Crippen LogP contribution >= 0.6 is 0 Å². The first kappa shape index (κ1) is 10.6. The molecule has 0 unspecified atom stereocenters. The molecule has 0 saturated heterocycles. The van der Waals surface area contributed by atoms with Crippen molar-refractivity contribution in [3.8, 4) is 17.2 Å². The first-order chi connectivity index (χ1) is 8.79. The third kappa shape index (κ3) is 1.57. The summed E-state index contributed by atoms with van der Waals surface area (Å²) in [5.41, 5.74) is 4.46. The molecule has 3 rings (SSSR count). The highest BCUT2D eigenvalue weighted by molar-refractivity contribution is 5.96. The van der Waals surface area contributed by atoms with Crippen LogP contribution in [0.2, 0.25) is 0 Å². The van der Waals surface area contributed by atoms with Crippen molar-refractivity contribution in [2.45, 2.75) is 6.92 Å². The molecule has 0 saturated carbocycles. The third-order valence-corrected chi connectivity index (χ3v) is 3.02. The summed E-state index contributed by atoms with van der Waals surface area (Å²) in [5.74, 6) is 0. The summed E-state index contributed by atoms with van der Waals surface area (Å²) in [6.07, 6.45) is 1.72. The summed E-state index contributed by atoms with van der Waals surface area (Å²) in [5, 5.41) is 10.1. The molecule has 0 atom stereocenters. The van der Waals surface area contributed by atoms with E-state index in [1.54, 1.807) is 6.26 Å². The van der Waals surface area contributed by atoms with E-state index in [2.05, 4.69) is 12.1 Å². The van der Waals surface area contributed by atoms with Crippen LogP contribution in [0.15, 0.2) is 53.1 Å². The highest BCUT2D eigenvalue weighted by atomic mass is 16.3. The van der Waals surface area contributed by atoms with E-state index >= 15 is 0 Å². The van der Waals surface area contributed by atoms with Gasteiger partial charge in [0.15, 0.2) is 5.58 Å². The van der Waals surface area contributed by atoms with Crippen molar-refractivity contribution >= 4 is 11.0 Å².